The van der Waals surface area contributed by atoms with Crippen molar-refractivity contribution in [2.45, 2.75) is 24.7 Å². The molecule has 3 nitrogen and oxygen atoms in total. The summed E-state index contributed by atoms with van der Waals surface area (Å²) >= 11 is 7.40. The second-order valence-electron chi connectivity index (χ2n) is 9.28. The molecule has 2 aliphatic rings. The fourth-order valence-corrected chi connectivity index (χ4v) is 7.22. The van der Waals surface area contributed by atoms with Crippen LogP contribution in [0.4, 0.5) is 5.69 Å². The molecule has 1 aliphatic heterocycles. The van der Waals surface area contributed by atoms with Crippen LogP contribution in [0.25, 0.3) is 16.8 Å². The number of carbonyl (C=O) groups excluding carboxylic acids is 1. The first-order chi connectivity index (χ1) is 16.9. The summed E-state index contributed by atoms with van der Waals surface area (Å²) in [6.45, 7) is 2.08. The van der Waals surface area contributed by atoms with Crippen molar-refractivity contribution in [2.75, 3.05) is 12.4 Å². The predicted molar refractivity (Wildman–Crippen MR) is 149 cm³/mol. The lowest BCUT2D eigenvalue weighted by molar-refractivity contribution is -0.118. The van der Waals surface area contributed by atoms with Gasteiger partial charge in [-0.05, 0) is 74.4 Å². The Morgan fingerprint density at radius 2 is 1.77 bits per heavy atom. The molecule has 4 aromatic carbocycles. The molecule has 2 unspecified atom stereocenters. The minimum absolute atomic E-state index is 0.0162. The highest BCUT2D eigenvalue weighted by Crippen LogP contribution is 2.56. The molecule has 1 N–H and O–H groups in total. The van der Waals surface area contributed by atoms with Crippen molar-refractivity contribution in [3.05, 3.63) is 110 Å². The maximum atomic E-state index is 13.8. The molecule has 35 heavy (non-hydrogen) atoms. The Kier molecular flexibility index (Phi) is 5.39. The van der Waals surface area contributed by atoms with Gasteiger partial charge in [0.15, 0.2) is 0 Å². The van der Waals surface area contributed by atoms with Crippen molar-refractivity contribution in [1.82, 2.24) is 0 Å². The fraction of sp³-hybridized carbons (Fsp3) is 0.167. The van der Waals surface area contributed by atoms with Gasteiger partial charge in [-0.25, -0.2) is 0 Å². The van der Waals surface area contributed by atoms with Crippen LogP contribution in [0.15, 0.2) is 81.8 Å². The number of nitrogens with one attached hydrogen (secondary N) is 1. The molecule has 0 saturated carbocycles. The molecule has 0 aromatic heterocycles. The molecule has 5 heteroatoms. The number of allylic oxidation sites excluding steroid dienone is 1. The molecule has 4 aromatic rings. The highest BCUT2D eigenvalue weighted by Gasteiger charge is 2.51. The van der Waals surface area contributed by atoms with Gasteiger partial charge in [0.25, 0.3) is 0 Å². The minimum atomic E-state index is -0.575. The molecule has 0 spiro atoms. The van der Waals surface area contributed by atoms with E-state index in [1.54, 1.807) is 7.11 Å². The lowest BCUT2D eigenvalue weighted by Gasteiger charge is -2.36. The monoisotopic (exact) mass is 587 g/mol. The zero-order valence-electron chi connectivity index (χ0n) is 19.4. The molecule has 0 radical (unpaired) electrons. The number of fused-ring (bicyclic) bond motifs is 3. The van der Waals surface area contributed by atoms with Crippen molar-refractivity contribution in [2.24, 2.45) is 0 Å². The number of carbonyl (C=O) groups is 1. The van der Waals surface area contributed by atoms with Crippen LogP contribution in [0.5, 0.6) is 5.75 Å². The molecule has 0 fully saturated rings. The largest absolute Gasteiger partial charge is 0.496 e. The number of hydrogen-bond donors (Lipinski definition) is 1. The van der Waals surface area contributed by atoms with Crippen molar-refractivity contribution in [1.29, 1.82) is 0 Å². The summed E-state index contributed by atoms with van der Waals surface area (Å²) in [5, 5.41) is 5.50. The summed E-state index contributed by atoms with van der Waals surface area (Å²) in [4.78, 5) is 13.8. The summed E-state index contributed by atoms with van der Waals surface area (Å²) in [5.41, 5.74) is 5.83. The van der Waals surface area contributed by atoms with Gasteiger partial charge in [-0.3, -0.25) is 4.79 Å². The van der Waals surface area contributed by atoms with E-state index in [1.165, 1.54) is 5.56 Å². The molecule has 1 heterocycles. The Bertz CT molecular complexity index is 1560. The third kappa shape index (κ3) is 3.32. The molecule has 2 atom stereocenters. The quantitative estimate of drug-likeness (QED) is 0.263. The van der Waals surface area contributed by atoms with E-state index in [9.17, 15) is 4.79 Å². The van der Waals surface area contributed by atoms with Crippen LogP contribution in [0.1, 0.15) is 33.7 Å². The van der Waals surface area contributed by atoms with E-state index in [2.05, 4.69) is 111 Å². The van der Waals surface area contributed by atoms with Crippen LogP contribution >= 0.6 is 31.9 Å². The van der Waals surface area contributed by atoms with E-state index >= 15 is 0 Å². The average molecular weight is 589 g/mol. The lowest BCUT2D eigenvalue weighted by Crippen LogP contribution is -2.37. The van der Waals surface area contributed by atoms with Gasteiger partial charge < -0.3 is 10.1 Å². The zero-order valence-corrected chi connectivity index (χ0v) is 22.5. The fourth-order valence-electron chi connectivity index (χ4n) is 5.93. The molecule has 1 aliphatic carbocycles. The third-order valence-electron chi connectivity index (χ3n) is 7.55. The van der Waals surface area contributed by atoms with E-state index in [0.717, 1.165) is 53.4 Å². The maximum absolute atomic E-state index is 13.8. The Balaban J connectivity index is 1.65. The molecule has 0 saturated heterocycles. The Morgan fingerprint density at radius 3 is 2.60 bits per heavy atom. The summed E-state index contributed by atoms with van der Waals surface area (Å²) in [6.07, 6.45) is 5.04. The van der Waals surface area contributed by atoms with Crippen molar-refractivity contribution in [3.8, 4) is 5.75 Å². The highest BCUT2D eigenvalue weighted by molar-refractivity contribution is 9.11. The average Bonchev–Trinajstić information content (AvgIpc) is 3.42. The van der Waals surface area contributed by atoms with Gasteiger partial charge in [0.05, 0.1) is 18.7 Å². The van der Waals surface area contributed by atoms with Crippen LogP contribution in [-0.4, -0.2) is 13.0 Å². The van der Waals surface area contributed by atoms with Gasteiger partial charge in [-0.1, -0.05) is 82.7 Å². The Hall–Kier alpha value is -2.89. The molecular weight excluding hydrogens is 566 g/mol. The third-order valence-corrected chi connectivity index (χ3v) is 9.00. The van der Waals surface area contributed by atoms with Crippen LogP contribution in [0.2, 0.25) is 0 Å². The molecule has 1 amide bonds. The van der Waals surface area contributed by atoms with Gasteiger partial charge in [0, 0.05) is 19.9 Å². The molecule has 6 rings (SSSR count). The topological polar surface area (TPSA) is 38.3 Å². The number of halogens is 2. The van der Waals surface area contributed by atoms with Gasteiger partial charge in [0.1, 0.15) is 5.75 Å². The maximum Gasteiger partial charge on any atom is 0.233 e. The number of hydrogen-bond acceptors (Lipinski definition) is 2. The second kappa shape index (κ2) is 8.35. The normalized spacial score (nSPS) is 20.1. The van der Waals surface area contributed by atoms with Gasteiger partial charge in [0.2, 0.25) is 5.91 Å². The van der Waals surface area contributed by atoms with Gasteiger partial charge >= 0.3 is 0 Å². The van der Waals surface area contributed by atoms with E-state index in [0.29, 0.717) is 6.42 Å². The van der Waals surface area contributed by atoms with Crippen molar-refractivity contribution >= 4 is 60.3 Å². The molecule has 0 bridgehead atoms. The Labute approximate surface area is 221 Å². The summed E-state index contributed by atoms with van der Waals surface area (Å²) in [5.74, 6) is 0.462. The van der Waals surface area contributed by atoms with Crippen molar-refractivity contribution < 1.29 is 9.53 Å². The minimum Gasteiger partial charge on any atom is -0.496 e. The van der Waals surface area contributed by atoms with Crippen LogP contribution in [-0.2, 0) is 16.6 Å². The first-order valence-electron chi connectivity index (χ1n) is 11.6. The first-order valence-corrected chi connectivity index (χ1v) is 13.2. The standard InChI is InChI=1S/C30H23Br2NO2/c1-17-23(31)15-24(32)28-26(17)27(29(34)33-28)30(14-13-19-8-4-6-10-22(19)30)16-21-20-9-5-3-7-18(20)11-12-25(21)35-2/h3-15,27H,16H2,1-2H3,(H,33,34). The summed E-state index contributed by atoms with van der Waals surface area (Å²) < 4.78 is 7.75. The number of ether oxygens (including phenoxy) is 1. The van der Waals surface area contributed by atoms with E-state index < -0.39 is 11.3 Å². The predicted octanol–water partition coefficient (Wildman–Crippen LogP) is 7.93. The van der Waals surface area contributed by atoms with Gasteiger partial charge in [-0.2, -0.15) is 0 Å². The smallest absolute Gasteiger partial charge is 0.233 e. The number of amides is 1. The number of rotatable bonds is 4. The lowest BCUT2D eigenvalue weighted by atomic mass is 9.65. The number of benzene rings is 4. The molecular formula is C30H23Br2NO2. The first kappa shape index (κ1) is 22.6. The van der Waals surface area contributed by atoms with Crippen LogP contribution in [0.3, 0.4) is 0 Å². The van der Waals surface area contributed by atoms with E-state index in [-0.39, 0.29) is 5.91 Å². The Morgan fingerprint density at radius 1 is 1.00 bits per heavy atom. The number of anilines is 1. The summed E-state index contributed by atoms with van der Waals surface area (Å²) in [7, 11) is 1.72. The summed E-state index contributed by atoms with van der Waals surface area (Å²) in [6, 6.07) is 22.9. The highest BCUT2D eigenvalue weighted by atomic mass is 79.9. The van der Waals surface area contributed by atoms with Gasteiger partial charge in [-0.15, -0.1) is 0 Å². The SMILES string of the molecule is COc1ccc2ccccc2c1CC1(C2C(=O)Nc3c(Br)cc(Br)c(C)c32)C=Cc2ccccc21. The zero-order chi connectivity index (χ0) is 24.3. The van der Waals surface area contributed by atoms with Crippen molar-refractivity contribution in [3.63, 3.8) is 0 Å². The number of methoxy groups -OCH3 is 1. The van der Waals surface area contributed by atoms with E-state index in [1.807, 2.05) is 12.1 Å². The van der Waals surface area contributed by atoms with Crippen LogP contribution < -0.4 is 10.1 Å². The van der Waals surface area contributed by atoms with Crippen LogP contribution in [0, 0.1) is 6.92 Å². The second-order valence-corrected chi connectivity index (χ2v) is 11.0. The molecule has 174 valence electrons. The van der Waals surface area contributed by atoms with E-state index in [4.69, 9.17) is 4.74 Å².